The lowest BCUT2D eigenvalue weighted by Crippen LogP contribution is -2.41. The molecule has 2 amide bonds. The summed E-state index contributed by atoms with van der Waals surface area (Å²) in [6.07, 6.45) is 6.54. The number of H-pyrrole nitrogens is 1. The average molecular weight is 411 g/mol. The monoisotopic (exact) mass is 410 g/mol. The first kappa shape index (κ1) is 19.5. The average Bonchev–Trinajstić information content (AvgIpc) is 3.24. The normalized spacial score (nSPS) is 16.6. The first-order valence-corrected chi connectivity index (χ1v) is 10.9. The van der Waals surface area contributed by atoms with Crippen molar-refractivity contribution in [3.05, 3.63) is 66.4 Å². The van der Waals surface area contributed by atoms with Gasteiger partial charge in [0.15, 0.2) is 0 Å². The molecular weight excluding hydrogens is 387 g/mol. The van der Waals surface area contributed by atoms with E-state index < -0.39 is 0 Å². The number of piperidine rings is 1. The SMILES string of the molecule is CSc1ccccc1NC(=O)N1CCCCC1c1ncc(-c2cccc(F)c2)[nH]1. The van der Waals surface area contributed by atoms with Crippen molar-refractivity contribution in [2.24, 2.45) is 0 Å². The summed E-state index contributed by atoms with van der Waals surface area (Å²) >= 11 is 1.60. The summed E-state index contributed by atoms with van der Waals surface area (Å²) in [4.78, 5) is 23.7. The van der Waals surface area contributed by atoms with E-state index in [9.17, 15) is 9.18 Å². The van der Waals surface area contributed by atoms with E-state index >= 15 is 0 Å². The minimum Gasteiger partial charge on any atom is -0.340 e. The molecule has 4 rings (SSSR count). The molecular formula is C22H23FN4OS. The highest BCUT2D eigenvalue weighted by molar-refractivity contribution is 7.98. The van der Waals surface area contributed by atoms with Crippen LogP contribution in [0.1, 0.15) is 31.1 Å². The van der Waals surface area contributed by atoms with E-state index in [1.165, 1.54) is 12.1 Å². The smallest absolute Gasteiger partial charge is 0.322 e. The number of likely N-dealkylation sites (tertiary alicyclic amines) is 1. The van der Waals surface area contributed by atoms with Gasteiger partial charge in [-0.2, -0.15) is 0 Å². The molecule has 1 fully saturated rings. The number of nitrogens with one attached hydrogen (secondary N) is 2. The zero-order valence-electron chi connectivity index (χ0n) is 16.2. The Hall–Kier alpha value is -2.80. The topological polar surface area (TPSA) is 61.0 Å². The summed E-state index contributed by atoms with van der Waals surface area (Å²) < 4.78 is 13.6. The van der Waals surface area contributed by atoms with Gasteiger partial charge in [0.1, 0.15) is 11.6 Å². The summed E-state index contributed by atoms with van der Waals surface area (Å²) in [5, 5.41) is 3.05. The molecule has 7 heteroatoms. The second-order valence-corrected chi connectivity index (χ2v) is 7.88. The summed E-state index contributed by atoms with van der Waals surface area (Å²) in [5.41, 5.74) is 2.30. The van der Waals surface area contributed by atoms with E-state index in [4.69, 9.17) is 0 Å². The van der Waals surface area contributed by atoms with Crippen molar-refractivity contribution in [2.45, 2.75) is 30.2 Å². The van der Waals surface area contributed by atoms with Crippen molar-refractivity contribution in [3.63, 3.8) is 0 Å². The Morgan fingerprint density at radius 3 is 2.93 bits per heavy atom. The first-order chi connectivity index (χ1) is 14.2. The summed E-state index contributed by atoms with van der Waals surface area (Å²) in [6, 6.07) is 13.9. The minimum atomic E-state index is -0.287. The molecule has 2 heterocycles. The number of benzene rings is 2. The fourth-order valence-corrected chi connectivity index (χ4v) is 4.26. The van der Waals surface area contributed by atoms with Gasteiger partial charge in [0, 0.05) is 17.0 Å². The van der Waals surface area contributed by atoms with Gasteiger partial charge in [0.25, 0.3) is 0 Å². The van der Waals surface area contributed by atoms with Crippen LogP contribution >= 0.6 is 11.8 Å². The van der Waals surface area contributed by atoms with Crippen molar-refractivity contribution in [1.82, 2.24) is 14.9 Å². The van der Waals surface area contributed by atoms with E-state index in [0.29, 0.717) is 6.54 Å². The predicted molar refractivity (Wildman–Crippen MR) is 115 cm³/mol. The molecule has 5 nitrogen and oxygen atoms in total. The summed E-state index contributed by atoms with van der Waals surface area (Å²) in [5.74, 6) is 0.446. The number of thioether (sulfide) groups is 1. The molecule has 1 aromatic heterocycles. The van der Waals surface area contributed by atoms with E-state index in [2.05, 4.69) is 15.3 Å². The van der Waals surface area contributed by atoms with Crippen molar-refractivity contribution in [1.29, 1.82) is 0 Å². The first-order valence-electron chi connectivity index (χ1n) is 9.67. The van der Waals surface area contributed by atoms with Gasteiger partial charge < -0.3 is 15.2 Å². The largest absolute Gasteiger partial charge is 0.340 e. The number of para-hydroxylation sites is 1. The van der Waals surface area contributed by atoms with Crippen LogP contribution in [0.5, 0.6) is 0 Å². The van der Waals surface area contributed by atoms with Gasteiger partial charge in [-0.15, -0.1) is 11.8 Å². The highest BCUT2D eigenvalue weighted by atomic mass is 32.2. The lowest BCUT2D eigenvalue weighted by atomic mass is 10.0. The molecule has 0 radical (unpaired) electrons. The molecule has 2 N–H and O–H groups in total. The van der Waals surface area contributed by atoms with Gasteiger partial charge >= 0.3 is 6.03 Å². The number of anilines is 1. The van der Waals surface area contributed by atoms with Gasteiger partial charge in [-0.1, -0.05) is 24.3 Å². The van der Waals surface area contributed by atoms with Crippen LogP contribution < -0.4 is 5.32 Å². The van der Waals surface area contributed by atoms with Crippen molar-refractivity contribution in [3.8, 4) is 11.3 Å². The van der Waals surface area contributed by atoms with Crippen molar-refractivity contribution >= 4 is 23.5 Å². The van der Waals surface area contributed by atoms with E-state index in [0.717, 1.165) is 46.9 Å². The van der Waals surface area contributed by atoms with Crippen molar-refractivity contribution < 1.29 is 9.18 Å². The molecule has 2 aromatic carbocycles. The summed E-state index contributed by atoms with van der Waals surface area (Å²) in [7, 11) is 0. The standard InChI is InChI=1S/C22H23FN4OS/c1-29-20-11-3-2-9-17(20)26-22(28)27-12-5-4-10-19(27)21-24-14-18(25-21)15-7-6-8-16(23)13-15/h2-3,6-9,11,13-14,19H,4-5,10,12H2,1H3,(H,24,25)(H,26,28). The molecule has 0 bridgehead atoms. The lowest BCUT2D eigenvalue weighted by Gasteiger charge is -2.34. The third-order valence-corrected chi connectivity index (χ3v) is 5.95. The number of carbonyl (C=O) groups is 1. The predicted octanol–water partition coefficient (Wildman–Crippen LogP) is 5.70. The van der Waals surface area contributed by atoms with Crippen molar-refractivity contribution in [2.75, 3.05) is 18.1 Å². The molecule has 0 saturated carbocycles. The Bertz CT molecular complexity index is 1010. The quantitative estimate of drug-likeness (QED) is 0.543. The van der Waals surface area contributed by atoms with Gasteiger partial charge in [-0.25, -0.2) is 14.2 Å². The molecule has 1 unspecified atom stereocenters. The maximum absolute atomic E-state index is 13.6. The Morgan fingerprint density at radius 2 is 2.10 bits per heavy atom. The number of hydrogen-bond donors (Lipinski definition) is 2. The fourth-order valence-electron chi connectivity index (χ4n) is 3.70. The molecule has 1 atom stereocenters. The third-order valence-electron chi connectivity index (χ3n) is 5.16. The number of halogens is 1. The van der Waals surface area contributed by atoms with Crippen LogP contribution in [-0.4, -0.2) is 33.7 Å². The number of nitrogens with zero attached hydrogens (tertiary/aromatic N) is 2. The zero-order valence-corrected chi connectivity index (χ0v) is 17.0. The molecule has 1 aliphatic heterocycles. The van der Waals surface area contributed by atoms with E-state index in [1.54, 1.807) is 24.0 Å². The van der Waals surface area contributed by atoms with Gasteiger partial charge in [-0.3, -0.25) is 0 Å². The van der Waals surface area contributed by atoms with Gasteiger partial charge in [0.2, 0.25) is 0 Å². The number of carbonyl (C=O) groups excluding carboxylic acids is 1. The molecule has 1 saturated heterocycles. The lowest BCUT2D eigenvalue weighted by molar-refractivity contribution is 0.160. The maximum Gasteiger partial charge on any atom is 0.322 e. The second-order valence-electron chi connectivity index (χ2n) is 7.03. The Balaban J connectivity index is 1.55. The van der Waals surface area contributed by atoms with Crippen LogP contribution in [0.2, 0.25) is 0 Å². The number of imidazole rings is 1. The molecule has 3 aromatic rings. The maximum atomic E-state index is 13.6. The minimum absolute atomic E-state index is 0.125. The summed E-state index contributed by atoms with van der Waals surface area (Å²) in [6.45, 7) is 0.675. The van der Waals surface area contributed by atoms with Gasteiger partial charge in [0.05, 0.1) is 23.6 Å². The number of amides is 2. The fraction of sp³-hybridized carbons (Fsp3) is 0.273. The number of rotatable bonds is 4. The van der Waals surface area contributed by atoms with E-state index in [1.807, 2.05) is 41.5 Å². The van der Waals surface area contributed by atoms with Crippen LogP contribution in [0.15, 0.2) is 59.6 Å². The third kappa shape index (κ3) is 4.29. The van der Waals surface area contributed by atoms with E-state index in [-0.39, 0.29) is 17.9 Å². The zero-order chi connectivity index (χ0) is 20.2. The Labute approximate surface area is 173 Å². The van der Waals surface area contributed by atoms with Crippen LogP contribution in [-0.2, 0) is 0 Å². The molecule has 1 aliphatic rings. The van der Waals surface area contributed by atoms with Crippen LogP contribution in [0.25, 0.3) is 11.3 Å². The second kappa shape index (κ2) is 8.69. The van der Waals surface area contributed by atoms with Crippen LogP contribution in [0.4, 0.5) is 14.9 Å². The number of urea groups is 1. The van der Waals surface area contributed by atoms with Crippen LogP contribution in [0.3, 0.4) is 0 Å². The highest BCUT2D eigenvalue weighted by Gasteiger charge is 2.30. The number of hydrogen-bond acceptors (Lipinski definition) is 3. The molecule has 0 aliphatic carbocycles. The highest BCUT2D eigenvalue weighted by Crippen LogP contribution is 2.32. The number of aromatic amines is 1. The molecule has 29 heavy (non-hydrogen) atoms. The number of aromatic nitrogens is 2. The molecule has 150 valence electrons. The molecule has 0 spiro atoms. The Morgan fingerprint density at radius 1 is 1.24 bits per heavy atom. The van der Waals surface area contributed by atoms with Crippen LogP contribution in [0, 0.1) is 5.82 Å². The Kier molecular flexibility index (Phi) is 5.85. The van der Waals surface area contributed by atoms with Gasteiger partial charge in [-0.05, 0) is 49.8 Å².